The number of fused-ring (bicyclic) bond motifs is 1. The summed E-state index contributed by atoms with van der Waals surface area (Å²) in [5, 5.41) is 7.09. The van der Waals surface area contributed by atoms with E-state index >= 15 is 0 Å². The first-order valence-electron chi connectivity index (χ1n) is 10.9. The van der Waals surface area contributed by atoms with E-state index < -0.39 is 0 Å². The van der Waals surface area contributed by atoms with Crippen molar-refractivity contribution in [1.29, 1.82) is 0 Å². The fourth-order valence-corrected chi connectivity index (χ4v) is 4.45. The quantitative estimate of drug-likeness (QED) is 0.339. The third kappa shape index (κ3) is 6.04. The minimum Gasteiger partial charge on any atom is -0.495 e. The smallest absolute Gasteiger partial charge is 0.191 e. The summed E-state index contributed by atoms with van der Waals surface area (Å²) in [4.78, 5) is 9.33. The van der Waals surface area contributed by atoms with Crippen LogP contribution in [-0.4, -0.2) is 63.8 Å². The summed E-state index contributed by atoms with van der Waals surface area (Å²) < 4.78 is 5.53. The SMILES string of the molecule is CN=C(NCCN1CCc2ccccc2C1)NC1CCN(c2ccccc2OC)C1.I. The van der Waals surface area contributed by atoms with Crippen molar-refractivity contribution in [2.45, 2.75) is 25.4 Å². The average Bonchev–Trinajstić information content (AvgIpc) is 3.26. The highest BCUT2D eigenvalue weighted by molar-refractivity contribution is 14.0. The topological polar surface area (TPSA) is 52.1 Å². The second-order valence-electron chi connectivity index (χ2n) is 8.04. The van der Waals surface area contributed by atoms with Crippen LogP contribution in [0.5, 0.6) is 5.75 Å². The van der Waals surface area contributed by atoms with Crippen molar-refractivity contribution in [2.75, 3.05) is 51.8 Å². The number of hydrogen-bond donors (Lipinski definition) is 2. The van der Waals surface area contributed by atoms with Crippen LogP contribution in [0.4, 0.5) is 5.69 Å². The lowest BCUT2D eigenvalue weighted by molar-refractivity contribution is 0.258. The summed E-state index contributed by atoms with van der Waals surface area (Å²) in [6.07, 6.45) is 2.23. The summed E-state index contributed by atoms with van der Waals surface area (Å²) in [6, 6.07) is 17.4. The Morgan fingerprint density at radius 1 is 1.10 bits per heavy atom. The maximum Gasteiger partial charge on any atom is 0.191 e. The fraction of sp³-hybridized carbons (Fsp3) is 0.458. The molecule has 0 bridgehead atoms. The van der Waals surface area contributed by atoms with Gasteiger partial charge >= 0.3 is 0 Å². The van der Waals surface area contributed by atoms with Gasteiger partial charge in [0, 0.05) is 52.4 Å². The van der Waals surface area contributed by atoms with Gasteiger partial charge in [0.15, 0.2) is 5.96 Å². The molecule has 1 unspecified atom stereocenters. The average molecular weight is 535 g/mol. The summed E-state index contributed by atoms with van der Waals surface area (Å²) in [5.74, 6) is 1.82. The molecule has 0 aromatic heterocycles. The van der Waals surface area contributed by atoms with Crippen molar-refractivity contribution < 1.29 is 4.74 Å². The van der Waals surface area contributed by atoms with Crippen LogP contribution in [0, 0.1) is 0 Å². The first kappa shape index (κ1) is 23.7. The number of nitrogens with one attached hydrogen (secondary N) is 2. The Balaban J connectivity index is 0.00000272. The van der Waals surface area contributed by atoms with Crippen molar-refractivity contribution >= 4 is 35.6 Å². The van der Waals surface area contributed by atoms with Gasteiger partial charge in [-0.25, -0.2) is 0 Å². The van der Waals surface area contributed by atoms with E-state index in [0.29, 0.717) is 6.04 Å². The third-order valence-electron chi connectivity index (χ3n) is 6.11. The number of guanidine groups is 1. The number of hydrogen-bond acceptors (Lipinski definition) is 4. The van der Waals surface area contributed by atoms with Crippen LogP contribution in [0.25, 0.3) is 0 Å². The first-order chi connectivity index (χ1) is 14.8. The highest BCUT2D eigenvalue weighted by atomic mass is 127. The number of aliphatic imine (C=N–C) groups is 1. The number of anilines is 1. The molecule has 2 aliphatic heterocycles. The molecular weight excluding hydrogens is 501 g/mol. The van der Waals surface area contributed by atoms with Crippen molar-refractivity contribution in [2.24, 2.45) is 4.99 Å². The van der Waals surface area contributed by atoms with Gasteiger partial charge in [0.25, 0.3) is 0 Å². The molecule has 2 heterocycles. The summed E-state index contributed by atoms with van der Waals surface area (Å²) in [7, 11) is 3.58. The zero-order valence-electron chi connectivity index (χ0n) is 18.5. The van der Waals surface area contributed by atoms with Crippen LogP contribution in [0.2, 0.25) is 0 Å². The molecule has 7 heteroatoms. The standard InChI is InChI=1S/C24H33N5O.HI/c1-25-24(26-13-16-28-14-11-19-7-3-4-8-20(19)17-28)27-21-12-15-29(18-21)22-9-5-6-10-23(22)30-2;/h3-10,21H,11-18H2,1-2H3,(H2,25,26,27);1H. The Labute approximate surface area is 203 Å². The van der Waals surface area contributed by atoms with E-state index in [4.69, 9.17) is 4.74 Å². The maximum atomic E-state index is 5.53. The molecule has 168 valence electrons. The van der Waals surface area contributed by atoms with Crippen molar-refractivity contribution in [3.8, 4) is 5.75 Å². The number of para-hydroxylation sites is 2. The predicted octanol–water partition coefficient (Wildman–Crippen LogP) is 3.12. The van der Waals surface area contributed by atoms with E-state index in [1.807, 2.05) is 19.2 Å². The van der Waals surface area contributed by atoms with E-state index in [-0.39, 0.29) is 24.0 Å². The van der Waals surface area contributed by atoms with Gasteiger partial charge in [-0.2, -0.15) is 0 Å². The number of benzene rings is 2. The first-order valence-corrected chi connectivity index (χ1v) is 10.9. The zero-order valence-corrected chi connectivity index (χ0v) is 20.8. The highest BCUT2D eigenvalue weighted by Gasteiger charge is 2.25. The molecule has 2 aromatic carbocycles. The number of nitrogens with zero attached hydrogens (tertiary/aromatic N) is 3. The molecule has 0 radical (unpaired) electrons. The second-order valence-corrected chi connectivity index (χ2v) is 8.04. The summed E-state index contributed by atoms with van der Waals surface area (Å²) in [6.45, 7) is 6.05. The van der Waals surface area contributed by atoms with E-state index in [2.05, 4.69) is 61.8 Å². The highest BCUT2D eigenvalue weighted by Crippen LogP contribution is 2.30. The van der Waals surface area contributed by atoms with Gasteiger partial charge in [-0.3, -0.25) is 9.89 Å². The zero-order chi connectivity index (χ0) is 20.8. The van der Waals surface area contributed by atoms with Gasteiger partial charge in [0.05, 0.1) is 12.8 Å². The molecule has 31 heavy (non-hydrogen) atoms. The molecule has 0 saturated carbocycles. The monoisotopic (exact) mass is 535 g/mol. The Kier molecular flexibility index (Phi) is 8.83. The molecule has 0 amide bonds. The largest absolute Gasteiger partial charge is 0.495 e. The molecule has 4 rings (SSSR count). The minimum atomic E-state index is 0. The molecule has 1 fully saturated rings. The third-order valence-corrected chi connectivity index (χ3v) is 6.11. The molecule has 0 spiro atoms. The normalized spacial score (nSPS) is 18.8. The Bertz CT molecular complexity index is 875. The van der Waals surface area contributed by atoms with Gasteiger partial charge in [-0.05, 0) is 36.1 Å². The van der Waals surface area contributed by atoms with Crippen LogP contribution in [0.1, 0.15) is 17.5 Å². The van der Waals surface area contributed by atoms with Crippen LogP contribution in [0.3, 0.4) is 0 Å². The number of ether oxygens (including phenoxy) is 1. The predicted molar refractivity (Wildman–Crippen MR) is 139 cm³/mol. The van der Waals surface area contributed by atoms with Crippen molar-refractivity contribution in [3.05, 3.63) is 59.7 Å². The van der Waals surface area contributed by atoms with E-state index in [1.54, 1.807) is 7.11 Å². The summed E-state index contributed by atoms with van der Waals surface area (Å²) >= 11 is 0. The molecule has 0 aliphatic carbocycles. The summed E-state index contributed by atoms with van der Waals surface area (Å²) in [5.41, 5.74) is 4.13. The maximum absolute atomic E-state index is 5.53. The fourth-order valence-electron chi connectivity index (χ4n) is 4.45. The van der Waals surface area contributed by atoms with Crippen LogP contribution in [-0.2, 0) is 13.0 Å². The number of rotatable bonds is 6. The Morgan fingerprint density at radius 2 is 1.87 bits per heavy atom. The lowest BCUT2D eigenvalue weighted by Crippen LogP contribution is -2.47. The Hall–Kier alpha value is -2.00. The number of halogens is 1. The van der Waals surface area contributed by atoms with E-state index in [0.717, 1.165) is 69.5 Å². The van der Waals surface area contributed by atoms with Crippen molar-refractivity contribution in [3.63, 3.8) is 0 Å². The van der Waals surface area contributed by atoms with Crippen LogP contribution in [0.15, 0.2) is 53.5 Å². The minimum absolute atomic E-state index is 0. The van der Waals surface area contributed by atoms with Crippen LogP contribution >= 0.6 is 24.0 Å². The van der Waals surface area contributed by atoms with E-state index in [9.17, 15) is 0 Å². The molecule has 2 N–H and O–H groups in total. The molecule has 2 aliphatic rings. The number of methoxy groups -OCH3 is 1. The van der Waals surface area contributed by atoms with Gasteiger partial charge < -0.3 is 20.3 Å². The molecular formula is C24H34IN5O. The second kappa shape index (κ2) is 11.6. The lowest BCUT2D eigenvalue weighted by Gasteiger charge is -2.29. The lowest BCUT2D eigenvalue weighted by atomic mass is 10.00. The van der Waals surface area contributed by atoms with Crippen LogP contribution < -0.4 is 20.3 Å². The Morgan fingerprint density at radius 3 is 2.68 bits per heavy atom. The molecule has 2 aromatic rings. The van der Waals surface area contributed by atoms with E-state index in [1.165, 1.54) is 11.1 Å². The van der Waals surface area contributed by atoms with Gasteiger partial charge in [-0.15, -0.1) is 24.0 Å². The van der Waals surface area contributed by atoms with Gasteiger partial charge in [0.2, 0.25) is 0 Å². The molecule has 1 saturated heterocycles. The molecule has 1 atom stereocenters. The van der Waals surface area contributed by atoms with Gasteiger partial charge in [0.1, 0.15) is 5.75 Å². The van der Waals surface area contributed by atoms with Crippen molar-refractivity contribution in [1.82, 2.24) is 15.5 Å². The van der Waals surface area contributed by atoms with Gasteiger partial charge in [-0.1, -0.05) is 36.4 Å². The molecule has 6 nitrogen and oxygen atoms in total.